The van der Waals surface area contributed by atoms with Gasteiger partial charge in [-0.3, -0.25) is 24.9 Å². The topological polar surface area (TPSA) is 122 Å². The molecule has 2 aromatic rings. The summed E-state index contributed by atoms with van der Waals surface area (Å²) in [6.45, 7) is 4.87. The lowest BCUT2D eigenvalue weighted by Gasteiger charge is -2.34. The summed E-state index contributed by atoms with van der Waals surface area (Å²) in [6.07, 6.45) is 12.5. The first-order valence-corrected chi connectivity index (χ1v) is 13.0. The molecule has 0 spiro atoms. The SMILES string of the molecule is CCC1=CC=NCC=C1.COc1ccc(C)c(C(=O)N(C)C[C@@]2(C3=Cc4ncccc4CO3)NC(=O)NC2=O)c1. The predicted octanol–water partition coefficient (Wildman–Crippen LogP) is 3.58. The van der Waals surface area contributed by atoms with E-state index in [1.54, 1.807) is 43.6 Å². The summed E-state index contributed by atoms with van der Waals surface area (Å²) < 4.78 is 11.1. The normalized spacial score (nSPS) is 19.0. The predicted molar refractivity (Wildman–Crippen MR) is 152 cm³/mol. The summed E-state index contributed by atoms with van der Waals surface area (Å²) in [6, 6.07) is 8.21. The first-order valence-electron chi connectivity index (χ1n) is 13.0. The molecular formula is C30H33N5O5. The first-order chi connectivity index (χ1) is 19.3. The molecule has 1 saturated heterocycles. The lowest BCUT2D eigenvalue weighted by molar-refractivity contribution is -0.124. The van der Waals surface area contributed by atoms with E-state index in [4.69, 9.17) is 9.47 Å². The van der Waals surface area contributed by atoms with Gasteiger partial charge in [-0.1, -0.05) is 31.2 Å². The Morgan fingerprint density at radius 3 is 2.80 bits per heavy atom. The summed E-state index contributed by atoms with van der Waals surface area (Å²) in [7, 11) is 3.09. The summed E-state index contributed by atoms with van der Waals surface area (Å²) in [5, 5.41) is 4.91. The number of nitrogens with one attached hydrogen (secondary N) is 2. The third-order valence-corrected chi connectivity index (χ3v) is 6.78. The fraction of sp³-hybridized carbons (Fsp3) is 0.300. The van der Waals surface area contributed by atoms with Gasteiger partial charge in [0.2, 0.25) is 0 Å². The summed E-state index contributed by atoms with van der Waals surface area (Å²) >= 11 is 0. The molecule has 40 heavy (non-hydrogen) atoms. The molecule has 1 atom stereocenters. The molecule has 1 aromatic heterocycles. The Labute approximate surface area is 233 Å². The molecule has 208 valence electrons. The molecule has 3 aliphatic rings. The van der Waals surface area contributed by atoms with Gasteiger partial charge >= 0.3 is 6.03 Å². The van der Waals surface area contributed by atoms with E-state index in [-0.39, 0.29) is 24.8 Å². The molecule has 2 N–H and O–H groups in total. The molecule has 4 heterocycles. The standard InChI is InChI=1S/C22H22N4O5.C8H11N/c1-13-6-7-15(30-3)9-16(13)19(27)26(2)12-22(20(28)24-21(29)25-22)18-10-17-14(11-31-18)5-4-8-23-17;1-2-8-4-3-6-9-7-5-8/h4-10H,11-12H2,1-3H3,(H2,24,25,28,29);3-5,7H,2,6H2,1H3/t22-;/m0./s1. The number of aryl methyl sites for hydroxylation is 1. The van der Waals surface area contributed by atoms with Crippen molar-refractivity contribution in [1.29, 1.82) is 0 Å². The number of aromatic nitrogens is 1. The van der Waals surface area contributed by atoms with Crippen LogP contribution in [-0.2, 0) is 16.1 Å². The molecule has 4 amide bonds. The van der Waals surface area contributed by atoms with Crippen LogP contribution >= 0.6 is 0 Å². The van der Waals surface area contributed by atoms with Crippen LogP contribution in [0.4, 0.5) is 4.79 Å². The van der Waals surface area contributed by atoms with Gasteiger partial charge in [-0.25, -0.2) is 4.79 Å². The van der Waals surface area contributed by atoms with Crippen molar-refractivity contribution in [2.24, 2.45) is 4.99 Å². The van der Waals surface area contributed by atoms with E-state index in [1.165, 1.54) is 17.6 Å². The molecule has 0 radical (unpaired) electrons. The van der Waals surface area contributed by atoms with E-state index in [0.29, 0.717) is 17.0 Å². The fourth-order valence-electron chi connectivity index (χ4n) is 4.48. The zero-order valence-corrected chi connectivity index (χ0v) is 23.1. The minimum Gasteiger partial charge on any atom is -0.497 e. The highest BCUT2D eigenvalue weighted by Crippen LogP contribution is 2.31. The minimum absolute atomic E-state index is 0.131. The zero-order chi connectivity index (χ0) is 28.7. The lowest BCUT2D eigenvalue weighted by Crippen LogP contribution is -2.57. The fourth-order valence-corrected chi connectivity index (χ4v) is 4.48. The van der Waals surface area contributed by atoms with Gasteiger partial charge in [-0.05, 0) is 48.8 Å². The average Bonchev–Trinajstić information content (AvgIpc) is 3.12. The number of carbonyl (C=O) groups excluding carboxylic acids is 3. The van der Waals surface area contributed by atoms with Crippen LogP contribution in [0.2, 0.25) is 0 Å². The van der Waals surface area contributed by atoms with Crippen molar-refractivity contribution in [1.82, 2.24) is 20.5 Å². The monoisotopic (exact) mass is 543 g/mol. The summed E-state index contributed by atoms with van der Waals surface area (Å²) in [5.41, 5.74) is 2.50. The van der Waals surface area contributed by atoms with Gasteiger partial charge in [0.15, 0.2) is 5.54 Å². The smallest absolute Gasteiger partial charge is 0.322 e. The van der Waals surface area contributed by atoms with E-state index < -0.39 is 17.5 Å². The van der Waals surface area contributed by atoms with Crippen LogP contribution in [-0.4, -0.2) is 66.7 Å². The maximum Gasteiger partial charge on any atom is 0.322 e. The van der Waals surface area contributed by atoms with Gasteiger partial charge in [0.25, 0.3) is 11.8 Å². The number of likely N-dealkylation sites (N-methyl/N-ethyl adjacent to an activating group) is 1. The zero-order valence-electron chi connectivity index (χ0n) is 23.1. The van der Waals surface area contributed by atoms with Crippen LogP contribution in [0.1, 0.15) is 40.5 Å². The van der Waals surface area contributed by atoms with Crippen LogP contribution in [0.5, 0.6) is 5.75 Å². The van der Waals surface area contributed by atoms with Gasteiger partial charge in [0, 0.05) is 36.7 Å². The Morgan fingerprint density at radius 1 is 1.25 bits per heavy atom. The third-order valence-electron chi connectivity index (χ3n) is 6.78. The van der Waals surface area contributed by atoms with Gasteiger partial charge in [-0.2, -0.15) is 0 Å². The number of aliphatic imine (C=N–C) groups is 1. The van der Waals surface area contributed by atoms with E-state index >= 15 is 0 Å². The van der Waals surface area contributed by atoms with Crippen molar-refractivity contribution >= 4 is 30.1 Å². The summed E-state index contributed by atoms with van der Waals surface area (Å²) in [4.78, 5) is 47.9. The minimum atomic E-state index is -1.57. The number of allylic oxidation sites excluding steroid dienone is 3. The number of methoxy groups -OCH3 is 1. The third kappa shape index (κ3) is 6.12. The van der Waals surface area contributed by atoms with Crippen molar-refractivity contribution < 1.29 is 23.9 Å². The molecule has 5 rings (SSSR count). The lowest BCUT2D eigenvalue weighted by atomic mass is 9.93. The van der Waals surface area contributed by atoms with Crippen LogP contribution in [0, 0.1) is 6.92 Å². The van der Waals surface area contributed by atoms with Crippen molar-refractivity contribution in [3.63, 3.8) is 0 Å². The second kappa shape index (κ2) is 12.4. The number of urea groups is 1. The van der Waals surface area contributed by atoms with Crippen LogP contribution < -0.4 is 15.4 Å². The number of pyridine rings is 1. The Morgan fingerprint density at radius 2 is 2.08 bits per heavy atom. The van der Waals surface area contributed by atoms with Crippen LogP contribution in [0.3, 0.4) is 0 Å². The molecule has 0 unspecified atom stereocenters. The Kier molecular flexibility index (Phi) is 8.78. The molecule has 3 aliphatic heterocycles. The Balaban J connectivity index is 0.000000350. The quantitative estimate of drug-likeness (QED) is 0.537. The molecule has 10 nitrogen and oxygen atoms in total. The molecular weight excluding hydrogens is 510 g/mol. The highest BCUT2D eigenvalue weighted by Gasteiger charge is 2.52. The van der Waals surface area contributed by atoms with E-state index in [1.807, 2.05) is 19.2 Å². The number of amides is 4. The van der Waals surface area contributed by atoms with Gasteiger partial charge in [-0.15, -0.1) is 0 Å². The van der Waals surface area contributed by atoms with E-state index in [2.05, 4.69) is 45.8 Å². The molecule has 0 bridgehead atoms. The van der Waals surface area contributed by atoms with Crippen molar-refractivity contribution in [3.05, 3.63) is 88.5 Å². The van der Waals surface area contributed by atoms with Crippen molar-refractivity contribution in [2.45, 2.75) is 32.4 Å². The van der Waals surface area contributed by atoms with E-state index in [9.17, 15) is 14.4 Å². The van der Waals surface area contributed by atoms with Crippen LogP contribution in [0.25, 0.3) is 6.08 Å². The molecule has 1 aromatic carbocycles. The maximum atomic E-state index is 13.2. The second-order valence-corrected chi connectivity index (χ2v) is 9.51. The number of rotatable bonds is 6. The van der Waals surface area contributed by atoms with Gasteiger partial charge in [0.1, 0.15) is 18.1 Å². The Bertz CT molecular complexity index is 1430. The van der Waals surface area contributed by atoms with Gasteiger partial charge in [0.05, 0.1) is 25.9 Å². The van der Waals surface area contributed by atoms with Crippen molar-refractivity contribution in [3.8, 4) is 5.75 Å². The highest BCUT2D eigenvalue weighted by atomic mass is 16.5. The number of imide groups is 1. The summed E-state index contributed by atoms with van der Waals surface area (Å²) in [5.74, 6) is -0.140. The second-order valence-electron chi connectivity index (χ2n) is 9.51. The van der Waals surface area contributed by atoms with Crippen molar-refractivity contribution in [2.75, 3.05) is 27.2 Å². The number of hydrogen-bond acceptors (Lipinski definition) is 7. The number of benzene rings is 1. The number of nitrogens with zero attached hydrogens (tertiary/aromatic N) is 3. The van der Waals surface area contributed by atoms with E-state index in [0.717, 1.165) is 24.1 Å². The molecule has 0 saturated carbocycles. The molecule has 10 heteroatoms. The molecule has 0 aliphatic carbocycles. The first kappa shape index (κ1) is 28.3. The number of fused-ring (bicyclic) bond motifs is 1. The number of ether oxygens (including phenoxy) is 2. The maximum absolute atomic E-state index is 13.2. The molecule has 1 fully saturated rings. The van der Waals surface area contributed by atoms with Gasteiger partial charge < -0.3 is 19.7 Å². The largest absolute Gasteiger partial charge is 0.497 e. The number of carbonyl (C=O) groups is 3. The average molecular weight is 544 g/mol. The van der Waals surface area contributed by atoms with Crippen LogP contribution in [0.15, 0.2) is 71.1 Å². The number of hydrogen-bond donors (Lipinski definition) is 2. The Hall–Kier alpha value is -4.73. The highest BCUT2D eigenvalue weighted by molar-refractivity contribution is 6.10.